The van der Waals surface area contributed by atoms with Crippen molar-refractivity contribution in [3.63, 3.8) is 0 Å². The largest absolute Gasteiger partial charge is 0.480 e. The Bertz CT molecular complexity index is 486. The minimum atomic E-state index is -0.998. The van der Waals surface area contributed by atoms with Crippen molar-refractivity contribution < 1.29 is 9.90 Å². The van der Waals surface area contributed by atoms with E-state index < -0.39 is 11.5 Å². The van der Waals surface area contributed by atoms with E-state index in [1.165, 1.54) is 10.5 Å². The van der Waals surface area contributed by atoms with E-state index in [1.807, 2.05) is 0 Å². The lowest BCUT2D eigenvalue weighted by Crippen LogP contribution is -2.51. The summed E-state index contributed by atoms with van der Waals surface area (Å²) in [6.07, 6.45) is 3.36. The Hall–Kier alpha value is -1.00. The lowest BCUT2D eigenvalue weighted by molar-refractivity contribution is -0.144. The summed E-state index contributed by atoms with van der Waals surface area (Å²) in [5.74, 6) is 0.752. The van der Waals surface area contributed by atoms with Crippen molar-refractivity contribution in [1.82, 2.24) is 0 Å². The van der Waals surface area contributed by atoms with Gasteiger partial charge in [0.1, 0.15) is 5.54 Å². The molecule has 0 heterocycles. The van der Waals surface area contributed by atoms with Crippen LogP contribution in [0.3, 0.4) is 0 Å². The molecule has 1 aliphatic carbocycles. The highest BCUT2D eigenvalue weighted by atomic mass is 32.2. The maximum Gasteiger partial charge on any atom is 0.323 e. The third-order valence-corrected chi connectivity index (χ3v) is 5.60. The predicted molar refractivity (Wildman–Crippen MR) is 87.8 cm³/mol. The predicted octanol–water partition coefficient (Wildman–Crippen LogP) is 3.87. The molecule has 116 valence electrons. The fourth-order valence-corrected chi connectivity index (χ4v) is 4.02. The van der Waals surface area contributed by atoms with E-state index in [9.17, 15) is 9.90 Å². The summed E-state index contributed by atoms with van der Waals surface area (Å²) in [5, 5.41) is 9.31. The summed E-state index contributed by atoms with van der Waals surface area (Å²) in [7, 11) is 0. The Morgan fingerprint density at radius 1 is 1.43 bits per heavy atom. The molecule has 0 bridgehead atoms. The van der Waals surface area contributed by atoms with Crippen molar-refractivity contribution in [3.8, 4) is 0 Å². The number of thioether (sulfide) groups is 1. The number of benzene rings is 1. The van der Waals surface area contributed by atoms with Gasteiger partial charge in [0, 0.05) is 4.90 Å². The molecule has 21 heavy (non-hydrogen) atoms. The number of hydrogen-bond acceptors (Lipinski definition) is 3. The molecule has 1 fully saturated rings. The molecule has 0 saturated heterocycles. The van der Waals surface area contributed by atoms with Crippen LogP contribution in [-0.4, -0.2) is 22.4 Å². The second kappa shape index (κ2) is 6.84. The van der Waals surface area contributed by atoms with Crippen LogP contribution in [0, 0.1) is 5.92 Å². The van der Waals surface area contributed by atoms with Gasteiger partial charge in [-0.2, -0.15) is 0 Å². The molecule has 0 radical (unpaired) electrons. The first-order valence-electron chi connectivity index (χ1n) is 7.68. The van der Waals surface area contributed by atoms with Gasteiger partial charge in [-0.15, -0.1) is 11.8 Å². The summed E-state index contributed by atoms with van der Waals surface area (Å²) >= 11 is 1.79. The van der Waals surface area contributed by atoms with Gasteiger partial charge in [0.15, 0.2) is 0 Å². The van der Waals surface area contributed by atoms with E-state index in [0.29, 0.717) is 12.3 Å². The molecule has 1 aromatic rings. The first kappa shape index (κ1) is 16.4. The van der Waals surface area contributed by atoms with Gasteiger partial charge in [0.25, 0.3) is 0 Å². The Morgan fingerprint density at radius 2 is 2.10 bits per heavy atom. The molecule has 1 saturated carbocycles. The van der Waals surface area contributed by atoms with Crippen LogP contribution in [0.15, 0.2) is 29.2 Å². The number of hydrogen-bond donors (Lipinski definition) is 2. The number of carbonyl (C=O) groups is 1. The van der Waals surface area contributed by atoms with Crippen molar-refractivity contribution in [2.24, 2.45) is 11.7 Å². The van der Waals surface area contributed by atoms with Crippen LogP contribution in [0.25, 0.3) is 0 Å². The second-order valence-electron chi connectivity index (χ2n) is 6.30. The minimum absolute atomic E-state index is 0.109. The SMILES string of the molecule is CC(C)c1ccc(SCCC2CCCC2(N)C(=O)O)cc1. The Balaban J connectivity index is 1.85. The normalized spacial score (nSPS) is 25.4. The van der Waals surface area contributed by atoms with Crippen molar-refractivity contribution in [2.75, 3.05) is 5.75 Å². The van der Waals surface area contributed by atoms with Crippen molar-refractivity contribution in [1.29, 1.82) is 0 Å². The molecule has 2 atom stereocenters. The first-order valence-corrected chi connectivity index (χ1v) is 8.67. The van der Waals surface area contributed by atoms with Gasteiger partial charge in [-0.05, 0) is 54.5 Å². The zero-order chi connectivity index (χ0) is 15.5. The average molecular weight is 307 g/mol. The molecule has 1 aromatic carbocycles. The highest BCUT2D eigenvalue weighted by Gasteiger charge is 2.45. The number of nitrogens with two attached hydrogens (primary N) is 1. The first-order chi connectivity index (χ1) is 9.93. The van der Waals surface area contributed by atoms with Crippen molar-refractivity contribution in [3.05, 3.63) is 29.8 Å². The average Bonchev–Trinajstić information content (AvgIpc) is 2.82. The third kappa shape index (κ3) is 3.80. The molecule has 4 heteroatoms. The van der Waals surface area contributed by atoms with Gasteiger partial charge >= 0.3 is 5.97 Å². The van der Waals surface area contributed by atoms with Crippen LogP contribution in [0.2, 0.25) is 0 Å². The van der Waals surface area contributed by atoms with Gasteiger partial charge in [-0.25, -0.2) is 0 Å². The molecule has 3 N–H and O–H groups in total. The molecule has 3 nitrogen and oxygen atoms in total. The van der Waals surface area contributed by atoms with Gasteiger partial charge in [0.2, 0.25) is 0 Å². The van der Waals surface area contributed by atoms with E-state index in [2.05, 4.69) is 38.1 Å². The standard InChI is InChI=1S/C17H25NO2S/c1-12(2)13-5-7-15(8-6-13)21-11-9-14-4-3-10-17(14,18)16(19)20/h5-8,12,14H,3-4,9-11,18H2,1-2H3,(H,19,20). The second-order valence-corrected chi connectivity index (χ2v) is 7.46. The monoisotopic (exact) mass is 307 g/mol. The Morgan fingerprint density at radius 3 is 2.67 bits per heavy atom. The molecule has 0 spiro atoms. The molecular formula is C17H25NO2S. The van der Waals surface area contributed by atoms with Crippen LogP contribution >= 0.6 is 11.8 Å². The maximum atomic E-state index is 11.3. The smallest absolute Gasteiger partial charge is 0.323 e. The molecular weight excluding hydrogens is 282 g/mol. The van der Waals surface area contributed by atoms with Gasteiger partial charge in [0.05, 0.1) is 0 Å². The fraction of sp³-hybridized carbons (Fsp3) is 0.588. The van der Waals surface area contributed by atoms with Crippen LogP contribution < -0.4 is 5.73 Å². The molecule has 2 rings (SSSR count). The highest BCUT2D eigenvalue weighted by molar-refractivity contribution is 7.99. The quantitative estimate of drug-likeness (QED) is 0.783. The van der Waals surface area contributed by atoms with Crippen LogP contribution in [0.5, 0.6) is 0 Å². The zero-order valence-corrected chi connectivity index (χ0v) is 13.7. The van der Waals surface area contributed by atoms with Gasteiger partial charge in [-0.3, -0.25) is 4.79 Å². The van der Waals surface area contributed by atoms with Crippen LogP contribution in [-0.2, 0) is 4.79 Å². The number of carboxylic acids is 1. The Kier molecular flexibility index (Phi) is 5.33. The van der Waals surface area contributed by atoms with E-state index in [1.54, 1.807) is 11.8 Å². The summed E-state index contributed by atoms with van der Waals surface area (Å²) in [6, 6.07) is 8.66. The van der Waals surface area contributed by atoms with E-state index in [-0.39, 0.29) is 5.92 Å². The van der Waals surface area contributed by atoms with E-state index in [0.717, 1.165) is 25.0 Å². The van der Waals surface area contributed by atoms with Crippen molar-refractivity contribution in [2.45, 2.75) is 55.9 Å². The summed E-state index contributed by atoms with van der Waals surface area (Å²) in [6.45, 7) is 4.38. The molecule has 2 unspecified atom stereocenters. The van der Waals surface area contributed by atoms with Crippen LogP contribution in [0.4, 0.5) is 0 Å². The molecule has 0 amide bonds. The highest BCUT2D eigenvalue weighted by Crippen LogP contribution is 2.37. The summed E-state index contributed by atoms with van der Waals surface area (Å²) in [4.78, 5) is 12.6. The van der Waals surface area contributed by atoms with E-state index in [4.69, 9.17) is 5.73 Å². The number of carboxylic acid groups (broad SMARTS) is 1. The maximum absolute atomic E-state index is 11.3. The summed E-state index contributed by atoms with van der Waals surface area (Å²) in [5.41, 5.74) is 6.42. The lowest BCUT2D eigenvalue weighted by atomic mass is 9.86. The van der Waals surface area contributed by atoms with Gasteiger partial charge < -0.3 is 10.8 Å². The zero-order valence-electron chi connectivity index (χ0n) is 12.8. The van der Waals surface area contributed by atoms with E-state index >= 15 is 0 Å². The molecule has 0 aromatic heterocycles. The molecule has 1 aliphatic rings. The van der Waals surface area contributed by atoms with Crippen molar-refractivity contribution >= 4 is 17.7 Å². The lowest BCUT2D eigenvalue weighted by Gasteiger charge is -2.26. The Labute approximate surface area is 131 Å². The van der Waals surface area contributed by atoms with Gasteiger partial charge in [-0.1, -0.05) is 32.4 Å². The fourth-order valence-electron chi connectivity index (χ4n) is 3.05. The topological polar surface area (TPSA) is 63.3 Å². The summed E-state index contributed by atoms with van der Waals surface area (Å²) < 4.78 is 0. The third-order valence-electron chi connectivity index (χ3n) is 4.55. The number of rotatable bonds is 6. The minimum Gasteiger partial charge on any atom is -0.480 e. The number of aliphatic carboxylic acids is 1. The molecule has 0 aliphatic heterocycles. The van der Waals surface area contributed by atoms with Crippen LogP contribution in [0.1, 0.15) is 51.0 Å².